The monoisotopic (exact) mass is 495 g/mol. The first-order valence-corrected chi connectivity index (χ1v) is 11.7. The van der Waals surface area contributed by atoms with Crippen molar-refractivity contribution in [2.24, 2.45) is 5.73 Å². The van der Waals surface area contributed by atoms with Crippen molar-refractivity contribution in [3.8, 4) is 0 Å². The van der Waals surface area contributed by atoms with E-state index < -0.39 is 0 Å². The molecule has 3 heterocycles. The van der Waals surface area contributed by atoms with Gasteiger partial charge in [-0.05, 0) is 44.9 Å². The summed E-state index contributed by atoms with van der Waals surface area (Å²) < 4.78 is 2.26. The topological polar surface area (TPSA) is 122 Å². The number of nitrogens with two attached hydrogens (primary N) is 1. The molecule has 0 unspecified atom stereocenters. The number of aromatic amines is 1. The van der Waals surface area contributed by atoms with Gasteiger partial charge >= 0.3 is 0 Å². The van der Waals surface area contributed by atoms with E-state index in [1.807, 2.05) is 12.5 Å². The van der Waals surface area contributed by atoms with Gasteiger partial charge in [-0.15, -0.1) is 24.8 Å². The Morgan fingerprint density at radius 3 is 2.55 bits per heavy atom. The van der Waals surface area contributed by atoms with Gasteiger partial charge in [-0.3, -0.25) is 0 Å². The first-order valence-electron chi connectivity index (χ1n) is 11.7. The van der Waals surface area contributed by atoms with Crippen molar-refractivity contribution in [2.45, 2.75) is 82.3 Å². The molecule has 0 aliphatic heterocycles. The molecule has 3 aromatic rings. The highest BCUT2D eigenvalue weighted by Gasteiger charge is 2.23. The number of H-pyrrole nitrogens is 1. The zero-order valence-electron chi connectivity index (χ0n) is 18.9. The molecule has 5 N–H and O–H groups in total. The number of halogens is 2. The van der Waals surface area contributed by atoms with E-state index in [0.717, 1.165) is 67.9 Å². The molecule has 2 fully saturated rings. The van der Waals surface area contributed by atoms with E-state index in [-0.39, 0.29) is 24.8 Å². The SMILES string of the molecule is Cl.Cl.NC1CCC(Nc2nc(NCCCc3ncc[nH]3)c3ncn(C4CCCC4)c3n2)CC1. The molecule has 2 saturated carbocycles. The highest BCUT2D eigenvalue weighted by atomic mass is 35.5. The normalized spacial score (nSPS) is 20.9. The number of nitrogens with zero attached hydrogens (tertiary/aromatic N) is 5. The molecule has 0 saturated heterocycles. The lowest BCUT2D eigenvalue weighted by Gasteiger charge is -2.27. The number of nitrogens with one attached hydrogen (secondary N) is 3. The average Bonchev–Trinajstić information content (AvgIpc) is 3.54. The van der Waals surface area contributed by atoms with Gasteiger partial charge in [0.1, 0.15) is 5.82 Å². The molecule has 182 valence electrons. The molecular formula is C22H35Cl2N9. The fourth-order valence-corrected chi connectivity index (χ4v) is 4.90. The maximum absolute atomic E-state index is 6.08. The quantitative estimate of drug-likeness (QED) is 0.344. The second kappa shape index (κ2) is 11.9. The molecule has 0 spiro atoms. The number of fused-ring (bicyclic) bond motifs is 1. The number of rotatable bonds is 8. The summed E-state index contributed by atoms with van der Waals surface area (Å²) >= 11 is 0. The fourth-order valence-electron chi connectivity index (χ4n) is 4.90. The van der Waals surface area contributed by atoms with Crippen LogP contribution in [-0.2, 0) is 6.42 Å². The van der Waals surface area contributed by atoms with Gasteiger partial charge in [-0.1, -0.05) is 12.8 Å². The third kappa shape index (κ3) is 6.07. The zero-order valence-corrected chi connectivity index (χ0v) is 20.5. The number of anilines is 2. The van der Waals surface area contributed by atoms with Gasteiger partial charge < -0.3 is 25.9 Å². The number of hydrogen-bond donors (Lipinski definition) is 4. The van der Waals surface area contributed by atoms with E-state index >= 15 is 0 Å². The Balaban J connectivity index is 0.00000153. The maximum atomic E-state index is 6.08. The van der Waals surface area contributed by atoms with Gasteiger partial charge in [-0.25, -0.2) is 9.97 Å². The molecule has 0 aromatic carbocycles. The van der Waals surface area contributed by atoms with Gasteiger partial charge in [-0.2, -0.15) is 9.97 Å². The predicted molar refractivity (Wildman–Crippen MR) is 137 cm³/mol. The molecule has 0 bridgehead atoms. The summed E-state index contributed by atoms with van der Waals surface area (Å²) in [7, 11) is 0. The lowest BCUT2D eigenvalue weighted by Crippen LogP contribution is -2.33. The molecule has 0 amide bonds. The molecule has 0 atom stereocenters. The number of aryl methyl sites for hydroxylation is 1. The maximum Gasteiger partial charge on any atom is 0.227 e. The van der Waals surface area contributed by atoms with Crippen LogP contribution in [0.15, 0.2) is 18.7 Å². The van der Waals surface area contributed by atoms with Crippen LogP contribution < -0.4 is 16.4 Å². The van der Waals surface area contributed by atoms with E-state index in [1.165, 1.54) is 25.7 Å². The summed E-state index contributed by atoms with van der Waals surface area (Å²) in [4.78, 5) is 21.9. The molecule has 0 radical (unpaired) electrons. The van der Waals surface area contributed by atoms with E-state index in [1.54, 1.807) is 6.20 Å². The number of imidazole rings is 2. The van der Waals surface area contributed by atoms with Crippen LogP contribution in [0.1, 0.15) is 69.7 Å². The third-order valence-electron chi connectivity index (χ3n) is 6.68. The third-order valence-corrected chi connectivity index (χ3v) is 6.68. The van der Waals surface area contributed by atoms with Crippen molar-refractivity contribution in [3.63, 3.8) is 0 Å². The lowest BCUT2D eigenvalue weighted by molar-refractivity contribution is 0.410. The molecule has 3 aromatic heterocycles. The van der Waals surface area contributed by atoms with Crippen LogP contribution in [0.4, 0.5) is 11.8 Å². The molecule has 2 aliphatic rings. The average molecular weight is 496 g/mol. The molecule has 2 aliphatic carbocycles. The minimum absolute atomic E-state index is 0. The fraction of sp³-hybridized carbons (Fsp3) is 0.636. The van der Waals surface area contributed by atoms with E-state index in [2.05, 4.69) is 25.2 Å². The Kier molecular flexibility index (Phi) is 9.17. The summed E-state index contributed by atoms with van der Waals surface area (Å²) in [5.41, 5.74) is 7.88. The predicted octanol–water partition coefficient (Wildman–Crippen LogP) is 4.23. The van der Waals surface area contributed by atoms with E-state index in [4.69, 9.17) is 20.7 Å². The molecule has 5 rings (SSSR count). The highest BCUT2D eigenvalue weighted by Crippen LogP contribution is 2.33. The van der Waals surface area contributed by atoms with Crippen molar-refractivity contribution in [1.82, 2.24) is 29.5 Å². The van der Waals surface area contributed by atoms with Crippen LogP contribution >= 0.6 is 24.8 Å². The Morgan fingerprint density at radius 2 is 1.82 bits per heavy atom. The van der Waals surface area contributed by atoms with Gasteiger partial charge in [0.2, 0.25) is 5.95 Å². The van der Waals surface area contributed by atoms with Crippen molar-refractivity contribution in [2.75, 3.05) is 17.2 Å². The van der Waals surface area contributed by atoms with Gasteiger partial charge in [0.25, 0.3) is 0 Å². The van der Waals surface area contributed by atoms with Gasteiger partial charge in [0.05, 0.1) is 6.33 Å². The summed E-state index contributed by atoms with van der Waals surface area (Å²) in [6, 6.07) is 1.20. The second-order valence-corrected chi connectivity index (χ2v) is 8.98. The Labute approximate surface area is 207 Å². The second-order valence-electron chi connectivity index (χ2n) is 8.98. The van der Waals surface area contributed by atoms with Crippen molar-refractivity contribution in [1.29, 1.82) is 0 Å². The van der Waals surface area contributed by atoms with Crippen LogP contribution in [0.25, 0.3) is 11.2 Å². The Bertz CT molecular complexity index is 977. The van der Waals surface area contributed by atoms with Crippen LogP contribution in [0.2, 0.25) is 0 Å². The van der Waals surface area contributed by atoms with Gasteiger partial charge in [0, 0.05) is 43.5 Å². The summed E-state index contributed by atoms with van der Waals surface area (Å²) in [6.07, 6.45) is 16.7. The summed E-state index contributed by atoms with van der Waals surface area (Å²) in [6.45, 7) is 0.806. The first-order chi connectivity index (χ1) is 15.3. The molecule has 11 heteroatoms. The van der Waals surface area contributed by atoms with Crippen molar-refractivity contribution >= 4 is 47.7 Å². The van der Waals surface area contributed by atoms with Crippen LogP contribution in [0, 0.1) is 0 Å². The highest BCUT2D eigenvalue weighted by molar-refractivity contribution is 5.86. The van der Waals surface area contributed by atoms with Crippen LogP contribution in [-0.4, -0.2) is 48.1 Å². The zero-order chi connectivity index (χ0) is 21.0. The molecular weight excluding hydrogens is 461 g/mol. The van der Waals surface area contributed by atoms with E-state index in [0.29, 0.717) is 24.1 Å². The smallest absolute Gasteiger partial charge is 0.227 e. The van der Waals surface area contributed by atoms with Crippen molar-refractivity contribution < 1.29 is 0 Å². The number of hydrogen-bond acceptors (Lipinski definition) is 7. The Hall–Kier alpha value is -2.10. The standard InChI is InChI=1S/C22H33N9.2ClH/c23-15-7-9-16(10-8-15)28-22-29-20(26-11-3-6-18-24-12-13-25-18)19-21(30-22)31(14-27-19)17-4-1-2-5-17;;/h12-17H,1-11,23H2,(H,24,25)(H2,26,28,29,30);2*1H. The summed E-state index contributed by atoms with van der Waals surface area (Å²) in [5.74, 6) is 2.52. The minimum Gasteiger partial charge on any atom is -0.368 e. The summed E-state index contributed by atoms with van der Waals surface area (Å²) in [5, 5.41) is 7.09. The Morgan fingerprint density at radius 1 is 1.03 bits per heavy atom. The van der Waals surface area contributed by atoms with Gasteiger partial charge in [0.15, 0.2) is 17.0 Å². The van der Waals surface area contributed by atoms with Crippen LogP contribution in [0.3, 0.4) is 0 Å². The molecule has 33 heavy (non-hydrogen) atoms. The first kappa shape index (κ1) is 25.5. The largest absolute Gasteiger partial charge is 0.368 e. The van der Waals surface area contributed by atoms with Crippen molar-refractivity contribution in [3.05, 3.63) is 24.5 Å². The van der Waals surface area contributed by atoms with E-state index in [9.17, 15) is 0 Å². The number of aromatic nitrogens is 6. The molecule has 9 nitrogen and oxygen atoms in total. The van der Waals surface area contributed by atoms with Crippen LogP contribution in [0.5, 0.6) is 0 Å². The minimum atomic E-state index is 0. The lowest BCUT2D eigenvalue weighted by atomic mass is 9.92.